The Labute approximate surface area is 194 Å². The van der Waals surface area contributed by atoms with Crippen molar-refractivity contribution in [3.8, 4) is 5.75 Å². The second-order valence-electron chi connectivity index (χ2n) is 8.73. The summed E-state index contributed by atoms with van der Waals surface area (Å²) in [6.45, 7) is 3.35. The molecule has 5 rings (SSSR count). The van der Waals surface area contributed by atoms with Crippen molar-refractivity contribution in [2.75, 3.05) is 19.6 Å². The maximum atomic E-state index is 11.1. The molecule has 1 saturated heterocycles. The predicted molar refractivity (Wildman–Crippen MR) is 130 cm³/mol. The predicted octanol–water partition coefficient (Wildman–Crippen LogP) is 6.04. The zero-order valence-electron chi connectivity index (χ0n) is 18.1. The van der Waals surface area contributed by atoms with Crippen LogP contribution in [0.15, 0.2) is 78.9 Å². The lowest BCUT2D eigenvalue weighted by Gasteiger charge is -2.38. The van der Waals surface area contributed by atoms with Gasteiger partial charge in [0.1, 0.15) is 12.4 Å². The molecule has 0 bridgehead atoms. The van der Waals surface area contributed by atoms with Crippen molar-refractivity contribution in [3.63, 3.8) is 0 Å². The Kier molecular flexibility index (Phi) is 6.05. The van der Waals surface area contributed by atoms with Gasteiger partial charge in [0.2, 0.25) is 0 Å². The van der Waals surface area contributed by atoms with Crippen LogP contribution in [0.25, 0.3) is 5.57 Å². The fourth-order valence-electron chi connectivity index (χ4n) is 4.83. The number of fused-ring (bicyclic) bond motifs is 2. The van der Waals surface area contributed by atoms with Gasteiger partial charge in [-0.15, -0.1) is 0 Å². The van der Waals surface area contributed by atoms with E-state index in [0.717, 1.165) is 55.8 Å². The summed E-state index contributed by atoms with van der Waals surface area (Å²) in [5.74, 6) is 0.945. The molecule has 2 aliphatic rings. The quantitative estimate of drug-likeness (QED) is 0.531. The molecule has 0 unspecified atom stereocenters. The van der Waals surface area contributed by atoms with Crippen molar-refractivity contribution in [1.29, 1.82) is 0 Å². The van der Waals surface area contributed by atoms with Crippen molar-refractivity contribution in [2.45, 2.75) is 31.5 Å². The zero-order valence-corrected chi connectivity index (χ0v) is 18.9. The van der Waals surface area contributed by atoms with E-state index >= 15 is 0 Å². The summed E-state index contributed by atoms with van der Waals surface area (Å²) in [6, 6.07) is 24.4. The number of benzene rings is 3. The van der Waals surface area contributed by atoms with Crippen molar-refractivity contribution in [3.05, 3.63) is 106 Å². The highest BCUT2D eigenvalue weighted by atomic mass is 35.5. The molecule has 0 radical (unpaired) electrons. The van der Waals surface area contributed by atoms with Crippen LogP contribution in [0.5, 0.6) is 5.75 Å². The highest BCUT2D eigenvalue weighted by molar-refractivity contribution is 6.30. The van der Waals surface area contributed by atoms with Crippen molar-refractivity contribution in [2.24, 2.45) is 0 Å². The van der Waals surface area contributed by atoms with Crippen LogP contribution >= 0.6 is 11.6 Å². The maximum Gasteiger partial charge on any atom is 0.127 e. The fraction of sp³-hybridized carbons (Fsp3) is 0.286. The Bertz CT molecular complexity index is 1060. The summed E-state index contributed by atoms with van der Waals surface area (Å²) in [7, 11) is 0. The van der Waals surface area contributed by atoms with Crippen LogP contribution in [0.1, 0.15) is 41.5 Å². The summed E-state index contributed by atoms with van der Waals surface area (Å²) in [5, 5.41) is 11.8. The number of hydrogen-bond acceptors (Lipinski definition) is 3. The number of ether oxygens (including phenoxy) is 1. The second kappa shape index (κ2) is 9.11. The molecular formula is C28H28ClNO2. The molecule has 1 N–H and O–H groups in total. The van der Waals surface area contributed by atoms with Crippen molar-refractivity contribution < 1.29 is 9.84 Å². The molecule has 0 atom stereocenters. The van der Waals surface area contributed by atoms with E-state index in [1.807, 2.05) is 30.3 Å². The molecule has 2 heterocycles. The molecule has 0 spiro atoms. The fourth-order valence-corrected chi connectivity index (χ4v) is 4.96. The molecule has 2 aliphatic heterocycles. The minimum atomic E-state index is -0.754. The Balaban J connectivity index is 1.28. The van der Waals surface area contributed by atoms with Crippen LogP contribution in [-0.4, -0.2) is 29.6 Å². The third-order valence-corrected chi connectivity index (χ3v) is 6.98. The van der Waals surface area contributed by atoms with Crippen LogP contribution in [0, 0.1) is 0 Å². The Morgan fingerprint density at radius 3 is 2.38 bits per heavy atom. The first kappa shape index (κ1) is 21.3. The van der Waals surface area contributed by atoms with Gasteiger partial charge in [0.05, 0.1) is 5.60 Å². The Hall–Kier alpha value is -2.59. The van der Waals surface area contributed by atoms with Crippen LogP contribution in [-0.2, 0) is 12.2 Å². The Morgan fingerprint density at radius 2 is 1.59 bits per heavy atom. The van der Waals surface area contributed by atoms with Gasteiger partial charge in [0.15, 0.2) is 0 Å². The second-order valence-corrected chi connectivity index (χ2v) is 9.17. The molecule has 32 heavy (non-hydrogen) atoms. The zero-order chi connectivity index (χ0) is 22.0. The summed E-state index contributed by atoms with van der Waals surface area (Å²) < 4.78 is 6.09. The van der Waals surface area contributed by atoms with E-state index in [0.29, 0.717) is 11.6 Å². The molecular weight excluding hydrogens is 418 g/mol. The van der Waals surface area contributed by atoms with E-state index in [1.54, 1.807) is 0 Å². The van der Waals surface area contributed by atoms with E-state index in [9.17, 15) is 5.11 Å². The molecule has 164 valence electrons. The van der Waals surface area contributed by atoms with Gasteiger partial charge in [0.25, 0.3) is 0 Å². The topological polar surface area (TPSA) is 32.7 Å². The first-order chi connectivity index (χ1) is 15.6. The molecule has 3 aromatic rings. The number of aliphatic hydroxyl groups is 1. The number of nitrogens with zero attached hydrogens (tertiary/aromatic N) is 1. The lowest BCUT2D eigenvalue weighted by Crippen LogP contribution is -2.42. The van der Waals surface area contributed by atoms with E-state index < -0.39 is 5.60 Å². The van der Waals surface area contributed by atoms with E-state index in [2.05, 4.69) is 53.4 Å². The average Bonchev–Trinajstić information content (AvgIpc) is 2.98. The molecule has 0 aromatic heterocycles. The smallest absolute Gasteiger partial charge is 0.127 e. The van der Waals surface area contributed by atoms with Gasteiger partial charge >= 0.3 is 0 Å². The standard InChI is InChI=1S/C28H28ClNO2/c29-23-13-11-22(12-14-23)28(31)15-18-30(19-16-28)17-5-9-25-24-7-2-1-6-21(24)20-32-27-10-4-3-8-26(25)27/h1-4,6-14,31H,5,15-20H2. The lowest BCUT2D eigenvalue weighted by atomic mass is 9.84. The van der Waals surface area contributed by atoms with Crippen LogP contribution in [0.4, 0.5) is 0 Å². The largest absolute Gasteiger partial charge is 0.488 e. The maximum absolute atomic E-state index is 11.1. The number of halogens is 1. The van der Waals surface area contributed by atoms with Gasteiger partial charge < -0.3 is 14.7 Å². The summed E-state index contributed by atoms with van der Waals surface area (Å²) in [4.78, 5) is 2.45. The highest BCUT2D eigenvalue weighted by Crippen LogP contribution is 2.37. The normalized spacial score (nSPS) is 19.0. The van der Waals surface area contributed by atoms with Gasteiger partial charge in [-0.3, -0.25) is 0 Å². The third kappa shape index (κ3) is 4.33. The molecule has 1 fully saturated rings. The molecule has 0 aliphatic carbocycles. The van der Waals surface area contributed by atoms with E-state index in [-0.39, 0.29) is 0 Å². The van der Waals surface area contributed by atoms with Crippen LogP contribution in [0.2, 0.25) is 5.02 Å². The number of para-hydroxylation sites is 1. The van der Waals surface area contributed by atoms with Crippen LogP contribution < -0.4 is 4.74 Å². The van der Waals surface area contributed by atoms with Crippen molar-refractivity contribution in [1.82, 2.24) is 4.90 Å². The monoisotopic (exact) mass is 445 g/mol. The van der Waals surface area contributed by atoms with Crippen LogP contribution in [0.3, 0.4) is 0 Å². The number of hydrogen-bond donors (Lipinski definition) is 1. The number of rotatable bonds is 4. The van der Waals surface area contributed by atoms with Crippen molar-refractivity contribution >= 4 is 17.2 Å². The first-order valence-corrected chi connectivity index (χ1v) is 11.7. The van der Waals surface area contributed by atoms with E-state index in [1.165, 1.54) is 16.7 Å². The first-order valence-electron chi connectivity index (χ1n) is 11.3. The summed E-state index contributed by atoms with van der Waals surface area (Å²) >= 11 is 6.01. The van der Waals surface area contributed by atoms with Gasteiger partial charge in [-0.05, 0) is 59.7 Å². The summed E-state index contributed by atoms with van der Waals surface area (Å²) in [5.41, 5.74) is 5.11. The molecule has 0 saturated carbocycles. The molecule has 0 amide bonds. The Morgan fingerprint density at radius 1 is 0.906 bits per heavy atom. The average molecular weight is 446 g/mol. The van der Waals surface area contributed by atoms with E-state index in [4.69, 9.17) is 16.3 Å². The molecule has 4 heteroatoms. The third-order valence-electron chi connectivity index (χ3n) is 6.73. The van der Waals surface area contributed by atoms with Gasteiger partial charge in [-0.1, -0.05) is 72.3 Å². The van der Waals surface area contributed by atoms with Gasteiger partial charge in [-0.2, -0.15) is 0 Å². The molecule has 3 aromatic carbocycles. The summed E-state index contributed by atoms with van der Waals surface area (Å²) in [6.07, 6.45) is 4.79. The number of likely N-dealkylation sites (tertiary alicyclic amines) is 1. The SMILES string of the molecule is OC1(c2ccc(Cl)cc2)CCN(CCC=C2c3ccccc3COc3ccccc32)CC1. The number of piperidine rings is 1. The minimum absolute atomic E-state index is 0.597. The van der Waals surface area contributed by atoms with Gasteiger partial charge in [-0.25, -0.2) is 0 Å². The lowest BCUT2D eigenvalue weighted by molar-refractivity contribution is -0.0254. The molecule has 3 nitrogen and oxygen atoms in total. The van der Waals surface area contributed by atoms with Gasteiger partial charge in [0, 0.05) is 30.2 Å². The minimum Gasteiger partial charge on any atom is -0.488 e. The highest BCUT2D eigenvalue weighted by Gasteiger charge is 2.33.